The van der Waals surface area contributed by atoms with Crippen LogP contribution in [0.5, 0.6) is 0 Å². The minimum atomic E-state index is -0.271. The van der Waals surface area contributed by atoms with Crippen LogP contribution in [-0.2, 0) is 14.3 Å². The van der Waals surface area contributed by atoms with E-state index < -0.39 is 0 Å². The lowest BCUT2D eigenvalue weighted by Gasteiger charge is -2.29. The molecule has 120 valence electrons. The van der Waals surface area contributed by atoms with Crippen LogP contribution in [0.15, 0.2) is 11.8 Å². The molecule has 0 aromatic carbocycles. The molecule has 0 saturated heterocycles. The van der Waals surface area contributed by atoms with Crippen molar-refractivity contribution in [1.82, 2.24) is 9.80 Å². The first kappa shape index (κ1) is 17.7. The maximum Gasteiger partial charge on any atom is 0.320 e. The number of hydrogen-bond donors (Lipinski definition) is 0. The summed E-state index contributed by atoms with van der Waals surface area (Å²) < 4.78 is 4.94. The summed E-state index contributed by atoms with van der Waals surface area (Å²) in [4.78, 5) is 27.7. The number of esters is 1. The van der Waals surface area contributed by atoms with Gasteiger partial charge in [0.05, 0.1) is 19.7 Å². The highest BCUT2D eigenvalue weighted by Gasteiger charge is 2.21. The molecule has 1 amide bonds. The van der Waals surface area contributed by atoms with Gasteiger partial charge < -0.3 is 9.64 Å². The van der Waals surface area contributed by atoms with Crippen molar-refractivity contribution in [2.75, 3.05) is 32.8 Å². The number of nitrogens with zero attached hydrogens (tertiary/aromatic N) is 2. The van der Waals surface area contributed by atoms with Gasteiger partial charge in [-0.05, 0) is 46.1 Å². The molecule has 0 aliphatic heterocycles. The average Bonchev–Trinajstić information content (AvgIpc) is 2.48. The third-order valence-electron chi connectivity index (χ3n) is 3.70. The SMILES string of the molecule is CCOC(=O)CN(CC)CC(=O)N(CC)C1=CCCCC1. The molecule has 0 aromatic rings. The Balaban J connectivity index is 2.58. The second-order valence-electron chi connectivity index (χ2n) is 5.19. The smallest absolute Gasteiger partial charge is 0.320 e. The molecular formula is C16H28N2O3. The monoisotopic (exact) mass is 296 g/mol. The number of carbonyl (C=O) groups excluding carboxylic acids is 2. The molecule has 0 heterocycles. The minimum Gasteiger partial charge on any atom is -0.465 e. The van der Waals surface area contributed by atoms with Crippen LogP contribution < -0.4 is 0 Å². The van der Waals surface area contributed by atoms with E-state index in [1.54, 1.807) is 6.92 Å². The number of likely N-dealkylation sites (N-methyl/N-ethyl adjacent to an activating group) is 2. The molecule has 0 atom stereocenters. The molecular weight excluding hydrogens is 268 g/mol. The fourth-order valence-corrected chi connectivity index (χ4v) is 2.55. The van der Waals surface area contributed by atoms with E-state index in [1.807, 2.05) is 23.6 Å². The van der Waals surface area contributed by atoms with Gasteiger partial charge in [0, 0.05) is 12.2 Å². The van der Waals surface area contributed by atoms with Crippen molar-refractivity contribution in [2.24, 2.45) is 0 Å². The summed E-state index contributed by atoms with van der Waals surface area (Å²) >= 11 is 0. The first-order chi connectivity index (χ1) is 10.1. The molecule has 5 heteroatoms. The summed E-state index contributed by atoms with van der Waals surface area (Å²) in [6.07, 6.45) is 6.56. The van der Waals surface area contributed by atoms with Crippen LogP contribution in [0.4, 0.5) is 0 Å². The molecule has 0 spiro atoms. The van der Waals surface area contributed by atoms with Crippen molar-refractivity contribution in [1.29, 1.82) is 0 Å². The normalized spacial score (nSPS) is 14.8. The lowest BCUT2D eigenvalue weighted by Crippen LogP contribution is -2.42. The second kappa shape index (κ2) is 9.55. The molecule has 5 nitrogen and oxygen atoms in total. The van der Waals surface area contributed by atoms with Crippen molar-refractivity contribution in [3.8, 4) is 0 Å². The Morgan fingerprint density at radius 1 is 1.14 bits per heavy atom. The summed E-state index contributed by atoms with van der Waals surface area (Å²) in [6.45, 7) is 7.87. The van der Waals surface area contributed by atoms with Crippen molar-refractivity contribution in [3.05, 3.63) is 11.8 Å². The Kier molecular flexibility index (Phi) is 8.05. The summed E-state index contributed by atoms with van der Waals surface area (Å²) in [6, 6.07) is 0. The molecule has 0 bridgehead atoms. The van der Waals surface area contributed by atoms with Crippen LogP contribution in [0, 0.1) is 0 Å². The van der Waals surface area contributed by atoms with Gasteiger partial charge >= 0.3 is 5.97 Å². The molecule has 0 unspecified atom stereocenters. The maximum absolute atomic E-state index is 12.5. The van der Waals surface area contributed by atoms with Gasteiger partial charge in [0.15, 0.2) is 0 Å². The van der Waals surface area contributed by atoms with Crippen LogP contribution >= 0.6 is 0 Å². The van der Waals surface area contributed by atoms with Gasteiger partial charge in [-0.1, -0.05) is 13.0 Å². The van der Waals surface area contributed by atoms with Gasteiger partial charge in [0.1, 0.15) is 0 Å². The predicted octanol–water partition coefficient (Wildman–Crippen LogP) is 2.18. The Morgan fingerprint density at radius 2 is 1.90 bits per heavy atom. The molecule has 21 heavy (non-hydrogen) atoms. The number of ether oxygens (including phenoxy) is 1. The quantitative estimate of drug-likeness (QED) is 0.644. The Morgan fingerprint density at radius 3 is 2.43 bits per heavy atom. The zero-order valence-electron chi connectivity index (χ0n) is 13.6. The highest BCUT2D eigenvalue weighted by Crippen LogP contribution is 2.21. The van der Waals surface area contributed by atoms with E-state index in [-0.39, 0.29) is 25.0 Å². The van der Waals surface area contributed by atoms with Crippen molar-refractivity contribution in [3.63, 3.8) is 0 Å². The fourth-order valence-electron chi connectivity index (χ4n) is 2.55. The van der Waals surface area contributed by atoms with Gasteiger partial charge in [0.2, 0.25) is 5.91 Å². The fraction of sp³-hybridized carbons (Fsp3) is 0.750. The zero-order chi connectivity index (χ0) is 15.7. The van der Waals surface area contributed by atoms with Gasteiger partial charge in [-0.3, -0.25) is 14.5 Å². The molecule has 0 radical (unpaired) electrons. The van der Waals surface area contributed by atoms with E-state index in [1.165, 1.54) is 6.42 Å². The summed E-state index contributed by atoms with van der Waals surface area (Å²) in [5, 5.41) is 0. The van der Waals surface area contributed by atoms with Crippen LogP contribution in [0.3, 0.4) is 0 Å². The van der Waals surface area contributed by atoms with Crippen molar-refractivity contribution < 1.29 is 14.3 Å². The lowest BCUT2D eigenvalue weighted by molar-refractivity contribution is -0.145. The molecule has 0 aromatic heterocycles. The molecule has 1 aliphatic rings. The predicted molar refractivity (Wildman–Crippen MR) is 82.7 cm³/mol. The van der Waals surface area contributed by atoms with Gasteiger partial charge in [0.25, 0.3) is 0 Å². The third-order valence-corrected chi connectivity index (χ3v) is 3.70. The van der Waals surface area contributed by atoms with Crippen LogP contribution in [-0.4, -0.2) is 54.5 Å². The van der Waals surface area contributed by atoms with E-state index in [2.05, 4.69) is 6.08 Å². The standard InChI is InChI=1S/C16H28N2O3/c1-4-17(13-16(20)21-6-3)12-15(19)18(5-2)14-10-8-7-9-11-14/h10H,4-9,11-13H2,1-3H3. The van der Waals surface area contributed by atoms with Crippen LogP contribution in [0.25, 0.3) is 0 Å². The molecule has 0 fully saturated rings. The van der Waals surface area contributed by atoms with Gasteiger partial charge in [-0.15, -0.1) is 0 Å². The maximum atomic E-state index is 12.5. The van der Waals surface area contributed by atoms with E-state index in [0.29, 0.717) is 19.7 Å². The van der Waals surface area contributed by atoms with E-state index >= 15 is 0 Å². The lowest BCUT2D eigenvalue weighted by atomic mass is 10.0. The van der Waals surface area contributed by atoms with Gasteiger partial charge in [-0.2, -0.15) is 0 Å². The second-order valence-corrected chi connectivity index (χ2v) is 5.19. The van der Waals surface area contributed by atoms with Crippen LogP contribution in [0.1, 0.15) is 46.5 Å². The topological polar surface area (TPSA) is 49.9 Å². The van der Waals surface area contributed by atoms with Crippen molar-refractivity contribution >= 4 is 11.9 Å². The average molecular weight is 296 g/mol. The molecule has 1 aliphatic carbocycles. The largest absolute Gasteiger partial charge is 0.465 e. The summed E-state index contributed by atoms with van der Waals surface area (Å²) in [5.41, 5.74) is 1.14. The first-order valence-electron chi connectivity index (χ1n) is 7.99. The number of hydrogen-bond acceptors (Lipinski definition) is 4. The molecule has 1 rings (SSSR count). The Bertz CT molecular complexity index is 380. The molecule has 0 saturated carbocycles. The van der Waals surface area contributed by atoms with E-state index in [9.17, 15) is 9.59 Å². The minimum absolute atomic E-state index is 0.0665. The number of rotatable bonds is 8. The van der Waals surface area contributed by atoms with E-state index in [4.69, 9.17) is 4.74 Å². The number of amides is 1. The first-order valence-corrected chi connectivity index (χ1v) is 7.99. The number of allylic oxidation sites excluding steroid dienone is 2. The zero-order valence-corrected chi connectivity index (χ0v) is 13.6. The summed E-state index contributed by atoms with van der Waals surface area (Å²) in [7, 11) is 0. The Hall–Kier alpha value is -1.36. The summed E-state index contributed by atoms with van der Waals surface area (Å²) in [5.74, 6) is -0.205. The Labute approximate surface area is 127 Å². The van der Waals surface area contributed by atoms with E-state index in [0.717, 1.165) is 25.0 Å². The van der Waals surface area contributed by atoms with Crippen molar-refractivity contribution in [2.45, 2.75) is 46.5 Å². The highest BCUT2D eigenvalue weighted by molar-refractivity contribution is 5.81. The highest BCUT2D eigenvalue weighted by atomic mass is 16.5. The third kappa shape index (κ3) is 5.87. The van der Waals surface area contributed by atoms with Gasteiger partial charge in [-0.25, -0.2) is 0 Å². The number of carbonyl (C=O) groups is 2. The van der Waals surface area contributed by atoms with Crippen LogP contribution in [0.2, 0.25) is 0 Å². The molecule has 0 N–H and O–H groups in total.